The Morgan fingerprint density at radius 3 is 3.00 bits per heavy atom. The highest BCUT2D eigenvalue weighted by Crippen LogP contribution is 2.35. The van der Waals surface area contributed by atoms with Crippen LogP contribution in [0.25, 0.3) is 0 Å². The summed E-state index contributed by atoms with van der Waals surface area (Å²) in [4.78, 5) is 16.6. The van der Waals surface area contributed by atoms with Crippen LogP contribution in [0.5, 0.6) is 11.5 Å². The number of ether oxygens (including phenoxy) is 2. The third kappa shape index (κ3) is 4.02. The van der Waals surface area contributed by atoms with Crippen molar-refractivity contribution in [2.24, 2.45) is 5.92 Å². The molecule has 6 nitrogen and oxygen atoms in total. The Balaban J connectivity index is 1.48. The van der Waals surface area contributed by atoms with Gasteiger partial charge < -0.3 is 20.1 Å². The van der Waals surface area contributed by atoms with Gasteiger partial charge in [-0.3, -0.25) is 4.79 Å². The van der Waals surface area contributed by atoms with Gasteiger partial charge in [-0.25, -0.2) is 4.98 Å². The monoisotopic (exact) mass is 341 g/mol. The molecule has 1 aromatic carbocycles. The highest BCUT2D eigenvalue weighted by Gasteiger charge is 2.27. The molecule has 0 fully saturated rings. The summed E-state index contributed by atoms with van der Waals surface area (Å²) in [5, 5.41) is 6.19. The van der Waals surface area contributed by atoms with Crippen molar-refractivity contribution in [3.8, 4) is 11.5 Å². The van der Waals surface area contributed by atoms with Crippen molar-refractivity contribution in [2.45, 2.75) is 13.3 Å². The van der Waals surface area contributed by atoms with Crippen molar-refractivity contribution in [1.82, 2.24) is 10.3 Å². The number of methoxy groups -OCH3 is 1. The fourth-order valence-corrected chi connectivity index (χ4v) is 2.90. The van der Waals surface area contributed by atoms with Crippen LogP contribution in [0.1, 0.15) is 11.1 Å². The minimum absolute atomic E-state index is 0.00742. The van der Waals surface area contributed by atoms with Crippen molar-refractivity contribution < 1.29 is 14.3 Å². The van der Waals surface area contributed by atoms with Gasteiger partial charge in [-0.05, 0) is 36.6 Å². The molecule has 1 atom stereocenters. The Hall–Kier alpha value is -2.76. The SMILES string of the molecule is COc1cccc2c1OCC(C(=O)NCCNc1ncccc1C)C2. The van der Waals surface area contributed by atoms with E-state index in [0.717, 1.165) is 22.7 Å². The fourth-order valence-electron chi connectivity index (χ4n) is 2.90. The number of pyridine rings is 1. The van der Waals surface area contributed by atoms with E-state index in [1.165, 1.54) is 0 Å². The first-order chi connectivity index (χ1) is 12.2. The van der Waals surface area contributed by atoms with E-state index < -0.39 is 0 Å². The highest BCUT2D eigenvalue weighted by atomic mass is 16.5. The third-order valence-corrected chi connectivity index (χ3v) is 4.27. The van der Waals surface area contributed by atoms with Gasteiger partial charge in [0.2, 0.25) is 5.91 Å². The van der Waals surface area contributed by atoms with Gasteiger partial charge in [0.25, 0.3) is 0 Å². The third-order valence-electron chi connectivity index (χ3n) is 4.27. The molecule has 1 aliphatic heterocycles. The molecule has 0 radical (unpaired) electrons. The number of nitrogens with one attached hydrogen (secondary N) is 2. The maximum atomic E-state index is 12.4. The molecule has 0 saturated carbocycles. The molecular formula is C19H23N3O3. The van der Waals surface area contributed by atoms with Crippen molar-refractivity contribution >= 4 is 11.7 Å². The fraction of sp³-hybridized carbons (Fsp3) is 0.368. The average Bonchev–Trinajstić information content (AvgIpc) is 2.65. The zero-order chi connectivity index (χ0) is 17.6. The molecule has 132 valence electrons. The second-order valence-electron chi connectivity index (χ2n) is 6.05. The molecule has 2 heterocycles. The Morgan fingerprint density at radius 1 is 1.32 bits per heavy atom. The van der Waals surface area contributed by atoms with Crippen LogP contribution in [0.4, 0.5) is 5.82 Å². The maximum absolute atomic E-state index is 12.4. The number of hydrogen-bond donors (Lipinski definition) is 2. The number of anilines is 1. The number of aryl methyl sites for hydroxylation is 1. The molecule has 0 spiro atoms. The lowest BCUT2D eigenvalue weighted by Crippen LogP contribution is -2.39. The van der Waals surface area contributed by atoms with Crippen LogP contribution >= 0.6 is 0 Å². The number of carbonyl (C=O) groups is 1. The minimum Gasteiger partial charge on any atom is -0.493 e. The molecule has 1 unspecified atom stereocenters. The van der Waals surface area contributed by atoms with Gasteiger partial charge in [-0.2, -0.15) is 0 Å². The Kier molecular flexibility index (Phi) is 5.38. The van der Waals surface area contributed by atoms with E-state index in [2.05, 4.69) is 15.6 Å². The number of nitrogens with zero attached hydrogens (tertiary/aromatic N) is 1. The normalized spacial score (nSPS) is 15.7. The maximum Gasteiger partial charge on any atom is 0.226 e. The van der Waals surface area contributed by atoms with E-state index in [-0.39, 0.29) is 11.8 Å². The summed E-state index contributed by atoms with van der Waals surface area (Å²) >= 11 is 0. The van der Waals surface area contributed by atoms with Gasteiger partial charge in [-0.15, -0.1) is 0 Å². The van der Waals surface area contributed by atoms with Crippen LogP contribution in [0.15, 0.2) is 36.5 Å². The van der Waals surface area contributed by atoms with E-state index in [0.29, 0.717) is 31.9 Å². The first-order valence-electron chi connectivity index (χ1n) is 8.41. The van der Waals surface area contributed by atoms with Crippen LogP contribution in [0, 0.1) is 12.8 Å². The molecular weight excluding hydrogens is 318 g/mol. The predicted octanol–water partition coefficient (Wildman–Crippen LogP) is 2.18. The number of aromatic nitrogens is 1. The Morgan fingerprint density at radius 2 is 2.20 bits per heavy atom. The zero-order valence-electron chi connectivity index (χ0n) is 14.5. The Labute approximate surface area is 147 Å². The smallest absolute Gasteiger partial charge is 0.226 e. The van der Waals surface area contributed by atoms with Gasteiger partial charge in [0.1, 0.15) is 12.4 Å². The molecule has 25 heavy (non-hydrogen) atoms. The molecule has 2 N–H and O–H groups in total. The van der Waals surface area contributed by atoms with Gasteiger partial charge in [0.15, 0.2) is 11.5 Å². The lowest BCUT2D eigenvalue weighted by Gasteiger charge is -2.25. The lowest BCUT2D eigenvalue weighted by molar-refractivity contribution is -0.126. The summed E-state index contributed by atoms with van der Waals surface area (Å²) in [5.74, 6) is 2.13. The summed E-state index contributed by atoms with van der Waals surface area (Å²) in [5.41, 5.74) is 2.09. The second-order valence-corrected chi connectivity index (χ2v) is 6.05. The molecule has 1 aliphatic rings. The highest BCUT2D eigenvalue weighted by molar-refractivity contribution is 5.79. The van der Waals surface area contributed by atoms with E-state index in [1.807, 2.05) is 37.3 Å². The summed E-state index contributed by atoms with van der Waals surface area (Å²) < 4.78 is 11.1. The predicted molar refractivity (Wildman–Crippen MR) is 96.2 cm³/mol. The first kappa shape index (κ1) is 17.1. The molecule has 0 saturated heterocycles. The van der Waals surface area contributed by atoms with E-state index in [4.69, 9.17) is 9.47 Å². The second kappa shape index (κ2) is 7.88. The van der Waals surface area contributed by atoms with Crippen molar-refractivity contribution in [3.63, 3.8) is 0 Å². The average molecular weight is 341 g/mol. The molecule has 2 aromatic rings. The molecule has 0 bridgehead atoms. The number of hydrogen-bond acceptors (Lipinski definition) is 5. The number of rotatable bonds is 6. The van der Waals surface area contributed by atoms with Gasteiger partial charge >= 0.3 is 0 Å². The molecule has 0 aliphatic carbocycles. The van der Waals surface area contributed by atoms with E-state index in [9.17, 15) is 4.79 Å². The van der Waals surface area contributed by atoms with Gasteiger partial charge in [0.05, 0.1) is 13.0 Å². The number of para-hydroxylation sites is 1. The summed E-state index contributed by atoms with van der Waals surface area (Å²) in [6.45, 7) is 3.53. The van der Waals surface area contributed by atoms with Crippen LogP contribution in [0.2, 0.25) is 0 Å². The first-order valence-corrected chi connectivity index (χ1v) is 8.41. The van der Waals surface area contributed by atoms with Crippen molar-refractivity contribution in [2.75, 3.05) is 32.1 Å². The molecule has 1 aromatic heterocycles. The standard InChI is InChI=1S/C19H23N3O3/c1-13-5-4-8-20-18(13)21-9-10-22-19(23)15-11-14-6-3-7-16(24-2)17(14)25-12-15/h3-8,15H,9-12H2,1-2H3,(H,20,21)(H,22,23). The van der Waals surface area contributed by atoms with Crippen LogP contribution in [-0.4, -0.2) is 37.7 Å². The minimum atomic E-state index is -0.184. The topological polar surface area (TPSA) is 72.5 Å². The van der Waals surface area contributed by atoms with Crippen LogP contribution in [-0.2, 0) is 11.2 Å². The summed E-state index contributed by atoms with van der Waals surface area (Å²) in [7, 11) is 1.62. The van der Waals surface area contributed by atoms with Gasteiger partial charge in [0, 0.05) is 19.3 Å². The van der Waals surface area contributed by atoms with E-state index in [1.54, 1.807) is 13.3 Å². The quantitative estimate of drug-likeness (QED) is 0.788. The molecule has 6 heteroatoms. The number of amides is 1. The number of fused-ring (bicyclic) bond motifs is 1. The summed E-state index contributed by atoms with van der Waals surface area (Å²) in [6.07, 6.45) is 2.41. The van der Waals surface area contributed by atoms with Crippen molar-refractivity contribution in [3.05, 3.63) is 47.7 Å². The van der Waals surface area contributed by atoms with Crippen LogP contribution < -0.4 is 20.1 Å². The zero-order valence-corrected chi connectivity index (χ0v) is 14.5. The molecule has 1 amide bonds. The van der Waals surface area contributed by atoms with Gasteiger partial charge in [-0.1, -0.05) is 18.2 Å². The lowest BCUT2D eigenvalue weighted by atomic mass is 9.95. The van der Waals surface area contributed by atoms with Crippen LogP contribution in [0.3, 0.4) is 0 Å². The van der Waals surface area contributed by atoms with E-state index >= 15 is 0 Å². The Bertz CT molecular complexity index is 748. The number of carbonyl (C=O) groups excluding carboxylic acids is 1. The van der Waals surface area contributed by atoms with Crippen molar-refractivity contribution in [1.29, 1.82) is 0 Å². The largest absolute Gasteiger partial charge is 0.493 e. The summed E-state index contributed by atoms with van der Waals surface area (Å²) in [6, 6.07) is 9.66. The number of benzene rings is 1. The molecule has 3 rings (SSSR count).